The predicted octanol–water partition coefficient (Wildman–Crippen LogP) is 2.57. The molecule has 0 fully saturated rings. The lowest BCUT2D eigenvalue weighted by Crippen LogP contribution is -2.13. The van der Waals surface area contributed by atoms with Crippen LogP contribution in [-0.4, -0.2) is 27.7 Å². The van der Waals surface area contributed by atoms with Crippen LogP contribution in [0, 0.1) is 0 Å². The second-order valence-corrected chi connectivity index (χ2v) is 6.47. The molecule has 1 amide bonds. The summed E-state index contributed by atoms with van der Waals surface area (Å²) >= 11 is 5.61. The lowest BCUT2D eigenvalue weighted by molar-refractivity contribution is 0.0997. The van der Waals surface area contributed by atoms with Crippen molar-refractivity contribution in [3.8, 4) is 5.75 Å². The van der Waals surface area contributed by atoms with Crippen LogP contribution in [0.1, 0.15) is 10.6 Å². The maximum atomic E-state index is 11.9. The Morgan fingerprint density at radius 3 is 2.55 bits per heavy atom. The van der Waals surface area contributed by atoms with Crippen LogP contribution in [0.4, 0.5) is 11.4 Å². The number of benzene rings is 1. The average Bonchev–Trinajstić information content (AvgIpc) is 2.84. The van der Waals surface area contributed by atoms with Crippen molar-refractivity contribution < 1.29 is 22.4 Å². The van der Waals surface area contributed by atoms with Gasteiger partial charge < -0.3 is 14.5 Å². The number of methoxy groups -OCH3 is 1. The van der Waals surface area contributed by atoms with Gasteiger partial charge in [0.1, 0.15) is 5.75 Å². The number of rotatable bonds is 5. The van der Waals surface area contributed by atoms with E-state index in [-0.39, 0.29) is 16.7 Å². The normalized spacial score (nSPS) is 11.0. The number of amides is 1. The third-order valence-corrected chi connectivity index (χ3v) is 3.34. The van der Waals surface area contributed by atoms with Gasteiger partial charge in [-0.05, 0) is 41.9 Å². The van der Waals surface area contributed by atoms with Crippen LogP contribution in [0.5, 0.6) is 5.75 Å². The number of anilines is 2. The minimum absolute atomic E-state index is 0.0402. The quantitative estimate of drug-likeness (QED) is 0.868. The lowest BCUT2D eigenvalue weighted by Gasteiger charge is -2.12. The van der Waals surface area contributed by atoms with Crippen LogP contribution in [-0.2, 0) is 10.0 Å². The van der Waals surface area contributed by atoms with Gasteiger partial charge in [-0.2, -0.15) is 0 Å². The number of hydrogen-bond acceptors (Lipinski definition) is 5. The topological polar surface area (TPSA) is 97.6 Å². The van der Waals surface area contributed by atoms with Gasteiger partial charge in [0.25, 0.3) is 5.91 Å². The molecule has 22 heavy (non-hydrogen) atoms. The highest BCUT2D eigenvalue weighted by atomic mass is 35.5. The molecule has 2 N–H and O–H groups in total. The number of nitrogens with one attached hydrogen (secondary N) is 2. The largest absolute Gasteiger partial charge is 0.495 e. The Kier molecular flexibility index (Phi) is 4.62. The van der Waals surface area contributed by atoms with Crippen molar-refractivity contribution in [1.29, 1.82) is 0 Å². The van der Waals surface area contributed by atoms with Crippen molar-refractivity contribution >= 4 is 38.9 Å². The maximum absolute atomic E-state index is 11.9. The molecule has 1 aromatic heterocycles. The van der Waals surface area contributed by atoms with Gasteiger partial charge in [0.05, 0.1) is 19.1 Å². The van der Waals surface area contributed by atoms with Gasteiger partial charge in [0.15, 0.2) is 11.0 Å². The molecule has 0 atom stereocenters. The Balaban J connectivity index is 2.25. The van der Waals surface area contributed by atoms with E-state index >= 15 is 0 Å². The zero-order valence-electron chi connectivity index (χ0n) is 11.7. The van der Waals surface area contributed by atoms with Gasteiger partial charge in [-0.1, -0.05) is 0 Å². The molecule has 0 aliphatic heterocycles. The Bertz CT molecular complexity index is 801. The highest BCUT2D eigenvalue weighted by Crippen LogP contribution is 2.29. The van der Waals surface area contributed by atoms with E-state index < -0.39 is 15.9 Å². The van der Waals surface area contributed by atoms with E-state index in [2.05, 4.69) is 10.0 Å². The Hall–Kier alpha value is -2.19. The van der Waals surface area contributed by atoms with Crippen molar-refractivity contribution in [2.75, 3.05) is 23.4 Å². The number of ether oxygens (including phenoxy) is 1. The van der Waals surface area contributed by atoms with Gasteiger partial charge in [-0.15, -0.1) is 0 Å². The summed E-state index contributed by atoms with van der Waals surface area (Å²) in [4.78, 5) is 11.9. The fourth-order valence-electron chi connectivity index (χ4n) is 1.69. The van der Waals surface area contributed by atoms with Crippen molar-refractivity contribution in [2.24, 2.45) is 0 Å². The number of hydrogen-bond donors (Lipinski definition) is 2. The summed E-state index contributed by atoms with van der Waals surface area (Å²) in [5.74, 6) is -0.148. The average molecular weight is 345 g/mol. The van der Waals surface area contributed by atoms with Crippen LogP contribution in [0.15, 0.2) is 34.7 Å². The third kappa shape index (κ3) is 4.15. The zero-order chi connectivity index (χ0) is 16.3. The maximum Gasteiger partial charge on any atom is 0.291 e. The van der Waals surface area contributed by atoms with Crippen molar-refractivity contribution in [2.45, 2.75) is 0 Å². The lowest BCUT2D eigenvalue weighted by atomic mass is 10.2. The molecule has 118 valence electrons. The van der Waals surface area contributed by atoms with E-state index in [1.165, 1.54) is 31.4 Å². The summed E-state index contributed by atoms with van der Waals surface area (Å²) in [6.45, 7) is 0. The molecular weight excluding hydrogens is 332 g/mol. The first-order chi connectivity index (χ1) is 10.3. The smallest absolute Gasteiger partial charge is 0.291 e. The first-order valence-electron chi connectivity index (χ1n) is 6.01. The van der Waals surface area contributed by atoms with Gasteiger partial charge >= 0.3 is 0 Å². The number of furan rings is 1. The van der Waals surface area contributed by atoms with Crippen molar-refractivity contribution in [3.05, 3.63) is 41.3 Å². The summed E-state index contributed by atoms with van der Waals surface area (Å²) < 4.78 is 35.0. The molecular formula is C13H13ClN2O5S. The first kappa shape index (κ1) is 16.2. The molecule has 0 aliphatic rings. The van der Waals surface area contributed by atoms with Gasteiger partial charge in [-0.25, -0.2) is 8.42 Å². The standard InChI is InChI=1S/C13H13ClN2O5S/c1-20-10-4-3-8(7-9(10)16-22(2,18)19)15-13(17)11-5-6-12(14)21-11/h3-7,16H,1-2H3,(H,15,17). The fourth-order valence-corrected chi connectivity index (χ4v) is 2.40. The molecule has 7 nitrogen and oxygen atoms in total. The summed E-state index contributed by atoms with van der Waals surface area (Å²) in [5.41, 5.74) is 0.574. The van der Waals surface area contributed by atoms with Crippen LogP contribution < -0.4 is 14.8 Å². The molecule has 9 heteroatoms. The molecule has 2 rings (SSSR count). The summed E-state index contributed by atoms with van der Waals surface area (Å²) in [5, 5.41) is 2.66. The van der Waals surface area contributed by atoms with Crippen LogP contribution in [0.2, 0.25) is 5.22 Å². The van der Waals surface area contributed by atoms with Crippen LogP contribution in [0.25, 0.3) is 0 Å². The summed E-state index contributed by atoms with van der Waals surface area (Å²) in [7, 11) is -2.07. The Labute approximate surface area is 132 Å². The van der Waals surface area contributed by atoms with E-state index in [0.717, 1.165) is 6.26 Å². The number of carbonyl (C=O) groups is 1. The van der Waals surface area contributed by atoms with Crippen molar-refractivity contribution in [1.82, 2.24) is 0 Å². The third-order valence-electron chi connectivity index (χ3n) is 2.55. The monoisotopic (exact) mass is 344 g/mol. The molecule has 0 aliphatic carbocycles. The molecule has 0 saturated heterocycles. The minimum atomic E-state index is -3.48. The summed E-state index contributed by atoms with van der Waals surface area (Å²) in [6, 6.07) is 7.40. The molecule has 0 bridgehead atoms. The van der Waals surface area contributed by atoms with E-state index in [1.54, 1.807) is 6.07 Å². The van der Waals surface area contributed by atoms with Crippen molar-refractivity contribution in [3.63, 3.8) is 0 Å². The molecule has 1 aromatic carbocycles. The minimum Gasteiger partial charge on any atom is -0.495 e. The second kappa shape index (κ2) is 6.29. The van der Waals surface area contributed by atoms with E-state index in [1.807, 2.05) is 0 Å². The fraction of sp³-hybridized carbons (Fsp3) is 0.154. The number of halogens is 1. The first-order valence-corrected chi connectivity index (χ1v) is 8.28. The highest BCUT2D eigenvalue weighted by Gasteiger charge is 2.13. The predicted molar refractivity (Wildman–Crippen MR) is 83.1 cm³/mol. The van der Waals surface area contributed by atoms with Gasteiger partial charge in [0.2, 0.25) is 10.0 Å². The molecule has 0 saturated carbocycles. The number of sulfonamides is 1. The second-order valence-electron chi connectivity index (χ2n) is 4.35. The SMILES string of the molecule is COc1ccc(NC(=O)c2ccc(Cl)o2)cc1NS(C)(=O)=O. The molecule has 0 unspecified atom stereocenters. The van der Waals surface area contributed by atoms with Gasteiger partial charge in [0, 0.05) is 5.69 Å². The highest BCUT2D eigenvalue weighted by molar-refractivity contribution is 7.92. The molecule has 1 heterocycles. The van der Waals surface area contributed by atoms with Crippen LogP contribution in [0.3, 0.4) is 0 Å². The molecule has 2 aromatic rings. The summed E-state index contributed by atoms with van der Waals surface area (Å²) in [6.07, 6.45) is 1.02. The Morgan fingerprint density at radius 2 is 2.00 bits per heavy atom. The molecule has 0 spiro atoms. The van der Waals surface area contributed by atoms with E-state index in [0.29, 0.717) is 11.4 Å². The number of carbonyl (C=O) groups excluding carboxylic acids is 1. The zero-order valence-corrected chi connectivity index (χ0v) is 13.3. The Morgan fingerprint density at radius 1 is 1.27 bits per heavy atom. The van der Waals surface area contributed by atoms with E-state index in [4.69, 9.17) is 20.8 Å². The van der Waals surface area contributed by atoms with Gasteiger partial charge in [-0.3, -0.25) is 9.52 Å². The van der Waals surface area contributed by atoms with Crippen LogP contribution >= 0.6 is 11.6 Å². The molecule has 0 radical (unpaired) electrons. The van der Waals surface area contributed by atoms with E-state index in [9.17, 15) is 13.2 Å².